The van der Waals surface area contributed by atoms with Crippen molar-refractivity contribution in [2.75, 3.05) is 46.6 Å². The number of nitrogens with one attached hydrogen (secondary N) is 1. The lowest BCUT2D eigenvalue weighted by Crippen LogP contribution is -2.39. The molecule has 1 heterocycles. The number of guanidine groups is 1. The van der Waals surface area contributed by atoms with E-state index in [0.717, 1.165) is 31.8 Å². The maximum absolute atomic E-state index is 5.96. The fraction of sp³-hybridized carbons (Fsp3) is 0.611. The molecule has 0 atom stereocenters. The molecule has 1 aromatic rings. The highest BCUT2D eigenvalue weighted by molar-refractivity contribution is 5.77. The van der Waals surface area contributed by atoms with Crippen LogP contribution >= 0.6 is 0 Å². The molecular formula is C18H29N3O3. The van der Waals surface area contributed by atoms with E-state index in [9.17, 15) is 0 Å². The van der Waals surface area contributed by atoms with Gasteiger partial charge in [-0.1, -0.05) is 12.1 Å². The molecule has 0 amide bonds. The summed E-state index contributed by atoms with van der Waals surface area (Å²) in [5, 5.41) is 3.07. The largest absolute Gasteiger partial charge is 0.494 e. The second-order valence-electron chi connectivity index (χ2n) is 5.97. The Kier molecular flexibility index (Phi) is 7.34. The zero-order valence-corrected chi connectivity index (χ0v) is 14.7. The van der Waals surface area contributed by atoms with Crippen LogP contribution in [0.5, 0.6) is 5.75 Å². The van der Waals surface area contributed by atoms with Gasteiger partial charge >= 0.3 is 0 Å². The third kappa shape index (κ3) is 5.11. The number of ether oxygens (including phenoxy) is 3. The molecule has 1 aliphatic rings. The number of nitrogens with zero attached hydrogens (tertiary/aromatic N) is 1. The number of methoxy groups -OCH3 is 1. The van der Waals surface area contributed by atoms with E-state index in [1.54, 1.807) is 7.11 Å². The third-order valence-corrected chi connectivity index (χ3v) is 4.39. The van der Waals surface area contributed by atoms with E-state index >= 15 is 0 Å². The van der Waals surface area contributed by atoms with E-state index in [4.69, 9.17) is 19.9 Å². The van der Waals surface area contributed by atoms with Gasteiger partial charge in [-0.25, -0.2) is 0 Å². The Hall–Kier alpha value is -1.79. The molecule has 0 radical (unpaired) electrons. The Morgan fingerprint density at radius 1 is 1.29 bits per heavy atom. The Bertz CT molecular complexity index is 511. The summed E-state index contributed by atoms with van der Waals surface area (Å²) in [6, 6.07) is 8.33. The van der Waals surface area contributed by atoms with Gasteiger partial charge in [0.2, 0.25) is 0 Å². The van der Waals surface area contributed by atoms with Gasteiger partial charge in [-0.15, -0.1) is 0 Å². The van der Waals surface area contributed by atoms with E-state index in [0.29, 0.717) is 32.3 Å². The summed E-state index contributed by atoms with van der Waals surface area (Å²) in [7, 11) is 1.66. The van der Waals surface area contributed by atoms with E-state index in [1.807, 2.05) is 19.1 Å². The minimum Gasteiger partial charge on any atom is -0.494 e. The number of rotatable bonds is 8. The first-order chi connectivity index (χ1) is 11.7. The Morgan fingerprint density at radius 3 is 2.62 bits per heavy atom. The lowest BCUT2D eigenvalue weighted by molar-refractivity contribution is 0.0531. The van der Waals surface area contributed by atoms with Gasteiger partial charge in [0.1, 0.15) is 5.75 Å². The molecule has 134 valence electrons. The topological polar surface area (TPSA) is 78.1 Å². The van der Waals surface area contributed by atoms with Crippen LogP contribution in [0.3, 0.4) is 0 Å². The van der Waals surface area contributed by atoms with Crippen LogP contribution in [-0.4, -0.2) is 52.6 Å². The second kappa shape index (κ2) is 9.49. The van der Waals surface area contributed by atoms with Gasteiger partial charge in [-0.3, -0.25) is 4.99 Å². The van der Waals surface area contributed by atoms with Crippen LogP contribution < -0.4 is 15.8 Å². The van der Waals surface area contributed by atoms with Crippen LogP contribution in [0.15, 0.2) is 29.3 Å². The fourth-order valence-electron chi connectivity index (χ4n) is 2.95. The van der Waals surface area contributed by atoms with Gasteiger partial charge in [0.15, 0.2) is 5.96 Å². The lowest BCUT2D eigenvalue weighted by atomic mass is 9.74. The monoisotopic (exact) mass is 335 g/mol. The van der Waals surface area contributed by atoms with E-state index in [1.165, 1.54) is 5.56 Å². The Balaban J connectivity index is 2.09. The number of hydrogen-bond donors (Lipinski definition) is 2. The van der Waals surface area contributed by atoms with Crippen molar-refractivity contribution in [2.45, 2.75) is 25.2 Å². The average molecular weight is 335 g/mol. The lowest BCUT2D eigenvalue weighted by Gasteiger charge is -2.36. The molecule has 1 fully saturated rings. The van der Waals surface area contributed by atoms with Crippen LogP contribution in [0.1, 0.15) is 25.3 Å². The van der Waals surface area contributed by atoms with Crippen molar-refractivity contribution in [1.29, 1.82) is 0 Å². The van der Waals surface area contributed by atoms with Gasteiger partial charge in [-0.2, -0.15) is 0 Å². The fourth-order valence-corrected chi connectivity index (χ4v) is 2.95. The molecule has 0 bridgehead atoms. The Labute approximate surface area is 144 Å². The molecule has 6 nitrogen and oxygen atoms in total. The first kappa shape index (κ1) is 18.5. The molecule has 0 saturated carbocycles. The van der Waals surface area contributed by atoms with Crippen LogP contribution in [0.25, 0.3) is 0 Å². The van der Waals surface area contributed by atoms with Crippen molar-refractivity contribution in [1.82, 2.24) is 5.32 Å². The summed E-state index contributed by atoms with van der Waals surface area (Å²) in [4.78, 5) is 4.57. The molecule has 3 N–H and O–H groups in total. The van der Waals surface area contributed by atoms with Crippen LogP contribution in [-0.2, 0) is 14.9 Å². The van der Waals surface area contributed by atoms with Gasteiger partial charge in [0.05, 0.1) is 19.8 Å². The van der Waals surface area contributed by atoms with Crippen LogP contribution in [0, 0.1) is 0 Å². The molecule has 1 aliphatic heterocycles. The Morgan fingerprint density at radius 2 is 2.00 bits per heavy atom. The summed E-state index contributed by atoms with van der Waals surface area (Å²) in [6.07, 6.45) is 1.88. The molecule has 1 aromatic carbocycles. The third-order valence-electron chi connectivity index (χ3n) is 4.39. The van der Waals surface area contributed by atoms with E-state index in [-0.39, 0.29) is 5.41 Å². The number of hydrogen-bond acceptors (Lipinski definition) is 4. The molecule has 24 heavy (non-hydrogen) atoms. The van der Waals surface area contributed by atoms with Gasteiger partial charge < -0.3 is 25.3 Å². The van der Waals surface area contributed by atoms with Crippen molar-refractivity contribution in [2.24, 2.45) is 10.7 Å². The molecule has 2 rings (SSSR count). The molecule has 1 saturated heterocycles. The summed E-state index contributed by atoms with van der Waals surface area (Å²) < 4.78 is 16.1. The van der Waals surface area contributed by atoms with Gasteiger partial charge in [0.25, 0.3) is 0 Å². The number of nitrogens with two attached hydrogens (primary N) is 1. The second-order valence-corrected chi connectivity index (χ2v) is 5.97. The summed E-state index contributed by atoms with van der Waals surface area (Å²) in [6.45, 7) is 6.07. The van der Waals surface area contributed by atoms with Crippen LogP contribution in [0.4, 0.5) is 0 Å². The van der Waals surface area contributed by atoms with Crippen molar-refractivity contribution >= 4 is 5.96 Å². The molecule has 0 aliphatic carbocycles. The van der Waals surface area contributed by atoms with E-state index < -0.39 is 0 Å². The molecular weight excluding hydrogens is 306 g/mol. The highest BCUT2D eigenvalue weighted by Gasteiger charge is 2.34. The first-order valence-corrected chi connectivity index (χ1v) is 8.54. The maximum Gasteiger partial charge on any atom is 0.188 e. The number of benzene rings is 1. The molecule has 0 aromatic heterocycles. The van der Waals surface area contributed by atoms with Crippen molar-refractivity contribution in [3.63, 3.8) is 0 Å². The molecule has 0 spiro atoms. The quantitative estimate of drug-likeness (QED) is 0.429. The van der Waals surface area contributed by atoms with Crippen molar-refractivity contribution in [3.8, 4) is 5.75 Å². The standard InChI is InChI=1S/C18H29N3O3/c1-3-24-16-6-4-15(5-7-16)18(8-11-23-12-9-18)14-21-17(19)20-10-13-22-2/h4-7H,3,8-14H2,1-2H3,(H3,19,20,21). The van der Waals surface area contributed by atoms with E-state index in [2.05, 4.69) is 22.4 Å². The minimum atomic E-state index is -0.0312. The zero-order chi connectivity index (χ0) is 17.3. The van der Waals surface area contributed by atoms with Crippen molar-refractivity contribution in [3.05, 3.63) is 29.8 Å². The van der Waals surface area contributed by atoms with Gasteiger partial charge in [-0.05, 0) is 37.5 Å². The van der Waals surface area contributed by atoms with Gasteiger partial charge in [0, 0.05) is 32.3 Å². The molecule has 6 heteroatoms. The smallest absolute Gasteiger partial charge is 0.188 e. The highest BCUT2D eigenvalue weighted by Crippen LogP contribution is 2.36. The van der Waals surface area contributed by atoms with Crippen molar-refractivity contribution < 1.29 is 14.2 Å². The predicted molar refractivity (Wildman–Crippen MR) is 95.7 cm³/mol. The average Bonchev–Trinajstić information content (AvgIpc) is 2.62. The summed E-state index contributed by atoms with van der Waals surface area (Å²) >= 11 is 0. The first-order valence-electron chi connectivity index (χ1n) is 8.54. The minimum absolute atomic E-state index is 0.0312. The highest BCUT2D eigenvalue weighted by atomic mass is 16.5. The maximum atomic E-state index is 5.96. The molecule has 0 unspecified atom stereocenters. The SMILES string of the molecule is CCOc1ccc(C2(CN=C(N)NCCOC)CCOCC2)cc1. The zero-order valence-electron chi connectivity index (χ0n) is 14.7. The summed E-state index contributed by atoms with van der Waals surface area (Å²) in [5.41, 5.74) is 7.20. The predicted octanol–water partition coefficient (Wildman–Crippen LogP) is 1.68. The van der Waals surface area contributed by atoms with Crippen LogP contribution in [0.2, 0.25) is 0 Å². The summed E-state index contributed by atoms with van der Waals surface area (Å²) in [5.74, 6) is 1.36. The normalized spacial score (nSPS) is 17.5. The number of aliphatic imine (C=N–C) groups is 1.